The molecule has 1 aliphatic rings. The molecule has 2 aromatic rings. The fourth-order valence-electron chi connectivity index (χ4n) is 2.82. The Hall–Kier alpha value is -2.67. The Morgan fingerprint density at radius 3 is 2.80 bits per heavy atom. The molecule has 0 aliphatic carbocycles. The topological polar surface area (TPSA) is 67.8 Å². The normalized spacial score (nSPS) is 14.2. The van der Waals surface area contributed by atoms with Gasteiger partial charge in [-0.15, -0.1) is 0 Å². The molecular formula is C18H22N4O3. The number of hydrogen-bond donors (Lipinski definition) is 0. The van der Waals surface area contributed by atoms with E-state index in [0.717, 1.165) is 30.2 Å². The molecule has 2 heterocycles. The number of ether oxygens (including phenoxy) is 2. The number of hydrogen-bond acceptors (Lipinski definition) is 6. The summed E-state index contributed by atoms with van der Waals surface area (Å²) in [6, 6.07) is 5.52. The second-order valence-electron chi connectivity index (χ2n) is 5.84. The number of aromatic nitrogens is 2. The first-order valence-corrected chi connectivity index (χ1v) is 8.20. The Labute approximate surface area is 147 Å². The van der Waals surface area contributed by atoms with Crippen molar-refractivity contribution >= 4 is 11.6 Å². The minimum atomic E-state index is -0.0668. The highest BCUT2D eigenvalue weighted by molar-refractivity contribution is 5.95. The van der Waals surface area contributed by atoms with Gasteiger partial charge in [0.05, 0.1) is 44.4 Å². The van der Waals surface area contributed by atoms with Crippen LogP contribution in [0, 0.1) is 0 Å². The van der Waals surface area contributed by atoms with Crippen molar-refractivity contribution in [3.63, 3.8) is 0 Å². The minimum Gasteiger partial charge on any atom is -0.495 e. The molecule has 0 spiro atoms. The maximum atomic E-state index is 12.8. The summed E-state index contributed by atoms with van der Waals surface area (Å²) in [5.74, 6) is 0.692. The number of benzene rings is 1. The average molecular weight is 342 g/mol. The van der Waals surface area contributed by atoms with Crippen LogP contribution in [0.1, 0.15) is 16.1 Å². The lowest BCUT2D eigenvalue weighted by atomic mass is 10.1. The Morgan fingerprint density at radius 1 is 1.32 bits per heavy atom. The molecule has 0 atom stereocenters. The zero-order chi connectivity index (χ0) is 17.6. The van der Waals surface area contributed by atoms with E-state index in [4.69, 9.17) is 9.47 Å². The van der Waals surface area contributed by atoms with Crippen molar-refractivity contribution in [2.75, 3.05) is 45.4 Å². The predicted octanol–water partition coefficient (Wildman–Crippen LogP) is 1.59. The molecule has 0 radical (unpaired) electrons. The third-order valence-electron chi connectivity index (χ3n) is 4.14. The van der Waals surface area contributed by atoms with Crippen LogP contribution < -0.4 is 9.64 Å². The van der Waals surface area contributed by atoms with Gasteiger partial charge in [-0.3, -0.25) is 14.8 Å². The van der Waals surface area contributed by atoms with Gasteiger partial charge >= 0.3 is 0 Å². The molecule has 25 heavy (non-hydrogen) atoms. The molecule has 1 saturated heterocycles. The zero-order valence-electron chi connectivity index (χ0n) is 14.5. The Bertz CT molecular complexity index is 718. The van der Waals surface area contributed by atoms with Crippen LogP contribution in [-0.2, 0) is 11.3 Å². The van der Waals surface area contributed by atoms with Crippen LogP contribution in [0.3, 0.4) is 0 Å². The van der Waals surface area contributed by atoms with Gasteiger partial charge in [-0.05, 0) is 18.2 Å². The van der Waals surface area contributed by atoms with Gasteiger partial charge < -0.3 is 19.3 Å². The molecule has 0 saturated carbocycles. The lowest BCUT2D eigenvalue weighted by Gasteiger charge is -2.30. The summed E-state index contributed by atoms with van der Waals surface area (Å²) in [5, 5.41) is 0. The van der Waals surface area contributed by atoms with Crippen molar-refractivity contribution in [3.8, 4) is 5.75 Å². The van der Waals surface area contributed by atoms with E-state index in [1.54, 1.807) is 43.7 Å². The standard InChI is InChI=1S/C18H22N4O3/c1-21(13-15-12-19-5-6-20-15)18(23)14-3-4-17(24-2)16(11-14)22-7-9-25-10-8-22/h3-6,11-12H,7-10,13H2,1-2H3. The highest BCUT2D eigenvalue weighted by Gasteiger charge is 2.19. The first-order chi connectivity index (χ1) is 12.2. The highest BCUT2D eigenvalue weighted by atomic mass is 16.5. The quantitative estimate of drug-likeness (QED) is 0.822. The lowest BCUT2D eigenvalue weighted by molar-refractivity contribution is 0.0783. The first kappa shape index (κ1) is 17.2. The summed E-state index contributed by atoms with van der Waals surface area (Å²) >= 11 is 0. The monoisotopic (exact) mass is 342 g/mol. The molecule has 0 unspecified atom stereocenters. The number of carbonyl (C=O) groups excluding carboxylic acids is 1. The highest BCUT2D eigenvalue weighted by Crippen LogP contribution is 2.30. The van der Waals surface area contributed by atoms with E-state index in [9.17, 15) is 4.79 Å². The van der Waals surface area contributed by atoms with Crippen LogP contribution in [-0.4, -0.2) is 61.2 Å². The van der Waals surface area contributed by atoms with Crippen LogP contribution in [0.2, 0.25) is 0 Å². The van der Waals surface area contributed by atoms with Crippen LogP contribution in [0.25, 0.3) is 0 Å². The molecule has 7 heteroatoms. The summed E-state index contributed by atoms with van der Waals surface area (Å²) in [5.41, 5.74) is 2.29. The average Bonchev–Trinajstić information content (AvgIpc) is 2.68. The molecular weight excluding hydrogens is 320 g/mol. The van der Waals surface area contributed by atoms with E-state index in [0.29, 0.717) is 25.3 Å². The number of methoxy groups -OCH3 is 1. The van der Waals surface area contributed by atoms with Gasteiger partial charge in [-0.1, -0.05) is 0 Å². The van der Waals surface area contributed by atoms with Gasteiger partial charge in [-0.25, -0.2) is 0 Å². The van der Waals surface area contributed by atoms with Crippen molar-refractivity contribution < 1.29 is 14.3 Å². The fraction of sp³-hybridized carbons (Fsp3) is 0.389. The third-order valence-corrected chi connectivity index (χ3v) is 4.14. The van der Waals surface area contributed by atoms with Crippen molar-refractivity contribution in [2.24, 2.45) is 0 Å². The number of nitrogens with zero attached hydrogens (tertiary/aromatic N) is 4. The molecule has 1 fully saturated rings. The number of morpholine rings is 1. The Kier molecular flexibility index (Phi) is 5.45. The molecule has 1 amide bonds. The summed E-state index contributed by atoms with van der Waals surface area (Å²) in [7, 11) is 3.40. The van der Waals surface area contributed by atoms with E-state index in [2.05, 4.69) is 14.9 Å². The van der Waals surface area contributed by atoms with Crippen molar-refractivity contribution in [1.82, 2.24) is 14.9 Å². The molecule has 1 aromatic heterocycles. The largest absolute Gasteiger partial charge is 0.495 e. The van der Waals surface area contributed by atoms with Gasteiger partial charge in [0.2, 0.25) is 0 Å². The molecule has 0 N–H and O–H groups in total. The lowest BCUT2D eigenvalue weighted by Crippen LogP contribution is -2.36. The fourth-order valence-corrected chi connectivity index (χ4v) is 2.82. The summed E-state index contributed by atoms with van der Waals surface area (Å²) in [6.07, 6.45) is 4.90. The van der Waals surface area contributed by atoms with Crippen molar-refractivity contribution in [2.45, 2.75) is 6.54 Å². The molecule has 7 nitrogen and oxygen atoms in total. The van der Waals surface area contributed by atoms with Crippen LogP contribution >= 0.6 is 0 Å². The van der Waals surface area contributed by atoms with Crippen molar-refractivity contribution in [3.05, 3.63) is 48.0 Å². The van der Waals surface area contributed by atoms with Gasteiger partial charge in [0.25, 0.3) is 5.91 Å². The van der Waals surface area contributed by atoms with E-state index >= 15 is 0 Å². The van der Waals surface area contributed by atoms with E-state index in [1.807, 2.05) is 12.1 Å². The molecule has 132 valence electrons. The number of anilines is 1. The van der Waals surface area contributed by atoms with Gasteiger partial charge in [0, 0.05) is 38.1 Å². The number of carbonyl (C=O) groups is 1. The summed E-state index contributed by atoms with van der Waals surface area (Å²) < 4.78 is 10.9. The van der Waals surface area contributed by atoms with Crippen molar-refractivity contribution in [1.29, 1.82) is 0 Å². The second-order valence-corrected chi connectivity index (χ2v) is 5.84. The Balaban J connectivity index is 1.80. The second kappa shape index (κ2) is 7.94. The third kappa shape index (κ3) is 4.06. The van der Waals surface area contributed by atoms with Crippen LogP contribution in [0.15, 0.2) is 36.8 Å². The maximum absolute atomic E-state index is 12.8. The van der Waals surface area contributed by atoms with Gasteiger partial charge in [-0.2, -0.15) is 0 Å². The summed E-state index contributed by atoms with van der Waals surface area (Å²) in [4.78, 5) is 24.8. The maximum Gasteiger partial charge on any atom is 0.254 e. The van der Waals surface area contributed by atoms with E-state index in [1.165, 1.54) is 0 Å². The zero-order valence-corrected chi connectivity index (χ0v) is 14.5. The smallest absolute Gasteiger partial charge is 0.254 e. The van der Waals surface area contributed by atoms with Gasteiger partial charge in [0.1, 0.15) is 5.75 Å². The minimum absolute atomic E-state index is 0.0668. The first-order valence-electron chi connectivity index (χ1n) is 8.20. The number of rotatable bonds is 5. The van der Waals surface area contributed by atoms with Gasteiger partial charge in [0.15, 0.2) is 0 Å². The number of amides is 1. The molecule has 1 aliphatic heterocycles. The van der Waals surface area contributed by atoms with Crippen LogP contribution in [0.5, 0.6) is 5.75 Å². The predicted molar refractivity (Wildman–Crippen MR) is 93.9 cm³/mol. The Morgan fingerprint density at radius 2 is 2.12 bits per heavy atom. The van der Waals surface area contributed by atoms with Crippen LogP contribution in [0.4, 0.5) is 5.69 Å². The molecule has 3 rings (SSSR count). The van der Waals surface area contributed by atoms with E-state index in [-0.39, 0.29) is 5.91 Å². The molecule has 1 aromatic carbocycles. The van der Waals surface area contributed by atoms with E-state index < -0.39 is 0 Å². The summed E-state index contributed by atoms with van der Waals surface area (Å²) in [6.45, 7) is 3.32. The SMILES string of the molecule is COc1ccc(C(=O)N(C)Cc2cnccn2)cc1N1CCOCC1. The molecule has 0 bridgehead atoms.